The van der Waals surface area contributed by atoms with Crippen molar-refractivity contribution in [2.45, 2.75) is 69.8 Å². The van der Waals surface area contributed by atoms with Gasteiger partial charge < -0.3 is 5.11 Å². The fourth-order valence-electron chi connectivity index (χ4n) is 1.78. The molecular weight excluding hydrogens is 208 g/mol. The molecule has 0 radical (unpaired) electrons. The third-order valence-corrected chi connectivity index (χ3v) is 4.47. The van der Waals surface area contributed by atoms with E-state index in [4.69, 9.17) is 0 Å². The first-order valence-corrected chi connectivity index (χ1v) is 6.81. The molecule has 15 heavy (non-hydrogen) atoms. The molecule has 0 rings (SSSR count). The fourth-order valence-corrected chi connectivity index (χ4v) is 3.46. The van der Waals surface area contributed by atoms with Crippen LogP contribution in [0.3, 0.4) is 0 Å². The van der Waals surface area contributed by atoms with Crippen molar-refractivity contribution >= 4 is 17.7 Å². The van der Waals surface area contributed by atoms with Crippen molar-refractivity contribution < 1.29 is 9.90 Å². The second-order valence-electron chi connectivity index (χ2n) is 4.14. The van der Waals surface area contributed by atoms with E-state index in [2.05, 4.69) is 27.7 Å². The highest BCUT2D eigenvalue weighted by atomic mass is 32.2. The van der Waals surface area contributed by atoms with Gasteiger partial charge in [0.2, 0.25) is 0 Å². The first-order valence-electron chi connectivity index (χ1n) is 5.93. The van der Waals surface area contributed by atoms with E-state index in [-0.39, 0.29) is 0 Å². The molecule has 0 amide bonds. The minimum atomic E-state index is -0.628. The minimum absolute atomic E-state index is 0.430. The Labute approximate surface area is 97.8 Å². The number of hydrogen-bond acceptors (Lipinski definition) is 2. The molecule has 0 aromatic heterocycles. The molecule has 0 saturated heterocycles. The summed E-state index contributed by atoms with van der Waals surface area (Å²) in [6.07, 6.45) is 4.48. The second kappa shape index (κ2) is 7.15. The molecule has 0 spiro atoms. The van der Waals surface area contributed by atoms with E-state index in [1.54, 1.807) is 11.8 Å². The molecule has 0 heterocycles. The molecule has 1 N–H and O–H groups in total. The van der Waals surface area contributed by atoms with Gasteiger partial charge in [0, 0.05) is 5.25 Å². The zero-order chi connectivity index (χ0) is 11.9. The zero-order valence-corrected chi connectivity index (χ0v) is 11.2. The number of thioether (sulfide) groups is 1. The lowest BCUT2D eigenvalue weighted by atomic mass is 9.97. The summed E-state index contributed by atoms with van der Waals surface area (Å²) in [6.45, 7) is 8.35. The summed E-state index contributed by atoms with van der Waals surface area (Å²) in [4.78, 5) is 11.4. The largest absolute Gasteiger partial charge is 0.480 e. The lowest BCUT2D eigenvalue weighted by molar-refractivity contribution is -0.140. The molecule has 0 fully saturated rings. The van der Waals surface area contributed by atoms with Gasteiger partial charge >= 0.3 is 5.97 Å². The van der Waals surface area contributed by atoms with Crippen LogP contribution in [0.2, 0.25) is 0 Å². The fraction of sp³-hybridized carbons (Fsp3) is 0.917. The van der Waals surface area contributed by atoms with Crippen LogP contribution >= 0.6 is 11.8 Å². The van der Waals surface area contributed by atoms with Crippen molar-refractivity contribution in [2.75, 3.05) is 0 Å². The van der Waals surface area contributed by atoms with E-state index < -0.39 is 10.7 Å². The van der Waals surface area contributed by atoms with Crippen LogP contribution in [-0.4, -0.2) is 21.1 Å². The van der Waals surface area contributed by atoms with Crippen LogP contribution in [0.4, 0.5) is 0 Å². The molecule has 0 aromatic carbocycles. The van der Waals surface area contributed by atoms with Gasteiger partial charge in [-0.2, -0.15) is 0 Å². The molecule has 0 saturated carbocycles. The first kappa shape index (κ1) is 14.8. The van der Waals surface area contributed by atoms with Crippen molar-refractivity contribution in [2.24, 2.45) is 0 Å². The van der Waals surface area contributed by atoms with Crippen LogP contribution in [0.25, 0.3) is 0 Å². The molecule has 1 unspecified atom stereocenters. The van der Waals surface area contributed by atoms with Crippen molar-refractivity contribution in [3.8, 4) is 0 Å². The molecule has 0 aromatic rings. The average molecular weight is 232 g/mol. The standard InChI is InChI=1S/C12H24O2S/c1-5-8-12(9-6-2,11(13)14)15-10(4)7-3/h10H,5-9H2,1-4H3,(H,13,14). The molecule has 0 aliphatic heterocycles. The Morgan fingerprint density at radius 1 is 1.27 bits per heavy atom. The Morgan fingerprint density at radius 2 is 1.73 bits per heavy atom. The van der Waals surface area contributed by atoms with E-state index in [9.17, 15) is 9.90 Å². The van der Waals surface area contributed by atoms with Gasteiger partial charge in [-0.25, -0.2) is 0 Å². The van der Waals surface area contributed by atoms with Gasteiger partial charge in [0.05, 0.1) is 0 Å². The van der Waals surface area contributed by atoms with Gasteiger partial charge in [0.15, 0.2) is 0 Å². The van der Waals surface area contributed by atoms with Gasteiger partial charge in [-0.3, -0.25) is 4.79 Å². The van der Waals surface area contributed by atoms with Gasteiger partial charge in [-0.05, 0) is 19.3 Å². The average Bonchev–Trinajstić information content (AvgIpc) is 2.18. The maximum absolute atomic E-state index is 11.4. The number of carbonyl (C=O) groups is 1. The van der Waals surface area contributed by atoms with Crippen molar-refractivity contribution in [1.29, 1.82) is 0 Å². The second-order valence-corrected chi connectivity index (χ2v) is 5.96. The summed E-state index contributed by atoms with van der Waals surface area (Å²) >= 11 is 1.65. The summed E-state index contributed by atoms with van der Waals surface area (Å²) in [6, 6.07) is 0. The van der Waals surface area contributed by atoms with Crippen LogP contribution in [0, 0.1) is 0 Å². The number of aliphatic carboxylic acids is 1. The van der Waals surface area contributed by atoms with Crippen molar-refractivity contribution in [3.05, 3.63) is 0 Å². The lowest BCUT2D eigenvalue weighted by Crippen LogP contribution is -2.36. The monoisotopic (exact) mass is 232 g/mol. The maximum atomic E-state index is 11.4. The normalized spacial score (nSPS) is 13.9. The van der Waals surface area contributed by atoms with Crippen molar-refractivity contribution in [1.82, 2.24) is 0 Å². The predicted octanol–water partition coefficient (Wildman–Crippen LogP) is 3.94. The Kier molecular flexibility index (Phi) is 7.07. The van der Waals surface area contributed by atoms with Crippen LogP contribution in [0.5, 0.6) is 0 Å². The van der Waals surface area contributed by atoms with E-state index in [0.29, 0.717) is 5.25 Å². The quantitative estimate of drug-likeness (QED) is 0.688. The molecule has 1 atom stereocenters. The van der Waals surface area contributed by atoms with Crippen LogP contribution in [0.1, 0.15) is 59.8 Å². The van der Waals surface area contributed by atoms with E-state index in [1.165, 1.54) is 0 Å². The topological polar surface area (TPSA) is 37.3 Å². The maximum Gasteiger partial charge on any atom is 0.319 e. The first-order chi connectivity index (χ1) is 7.02. The number of rotatable bonds is 8. The summed E-state index contributed by atoms with van der Waals surface area (Å²) in [5, 5.41) is 9.84. The molecular formula is C12H24O2S. The van der Waals surface area contributed by atoms with Gasteiger partial charge in [0.25, 0.3) is 0 Å². The summed E-state index contributed by atoms with van der Waals surface area (Å²) in [7, 11) is 0. The minimum Gasteiger partial charge on any atom is -0.480 e. The van der Waals surface area contributed by atoms with Gasteiger partial charge in [-0.15, -0.1) is 11.8 Å². The highest BCUT2D eigenvalue weighted by Crippen LogP contribution is 2.39. The zero-order valence-electron chi connectivity index (χ0n) is 10.4. The van der Waals surface area contributed by atoms with E-state index in [0.717, 1.165) is 32.1 Å². The third kappa shape index (κ3) is 4.45. The number of hydrogen-bond donors (Lipinski definition) is 1. The Morgan fingerprint density at radius 3 is 2.00 bits per heavy atom. The Balaban J connectivity index is 4.68. The van der Waals surface area contributed by atoms with Crippen LogP contribution in [0.15, 0.2) is 0 Å². The SMILES string of the molecule is CCCC(CCC)(SC(C)CC)C(=O)O. The lowest BCUT2D eigenvalue weighted by Gasteiger charge is -2.30. The molecule has 3 heteroatoms. The van der Waals surface area contributed by atoms with E-state index >= 15 is 0 Å². The molecule has 0 aliphatic carbocycles. The molecule has 0 bridgehead atoms. The van der Waals surface area contributed by atoms with Gasteiger partial charge in [-0.1, -0.05) is 40.5 Å². The molecule has 0 aliphatic rings. The molecule has 2 nitrogen and oxygen atoms in total. The Bertz CT molecular complexity index is 186. The molecule has 90 valence electrons. The number of carboxylic acid groups (broad SMARTS) is 1. The highest BCUT2D eigenvalue weighted by molar-refractivity contribution is 8.01. The van der Waals surface area contributed by atoms with Crippen LogP contribution < -0.4 is 0 Å². The smallest absolute Gasteiger partial charge is 0.319 e. The Hall–Kier alpha value is -0.180. The summed E-state index contributed by atoms with van der Waals surface area (Å²) < 4.78 is -0.543. The van der Waals surface area contributed by atoms with Gasteiger partial charge in [0.1, 0.15) is 4.75 Å². The van der Waals surface area contributed by atoms with Crippen molar-refractivity contribution in [3.63, 3.8) is 0 Å². The third-order valence-electron chi connectivity index (χ3n) is 2.70. The van der Waals surface area contributed by atoms with E-state index in [1.807, 2.05) is 0 Å². The summed E-state index contributed by atoms with van der Waals surface area (Å²) in [5.74, 6) is -0.628. The van der Waals surface area contributed by atoms with Crippen LogP contribution in [-0.2, 0) is 4.79 Å². The predicted molar refractivity (Wildman–Crippen MR) is 67.5 cm³/mol. The summed E-state index contributed by atoms with van der Waals surface area (Å²) in [5.41, 5.74) is 0. The highest BCUT2D eigenvalue weighted by Gasteiger charge is 2.38. The number of carboxylic acids is 1.